The van der Waals surface area contributed by atoms with Crippen LogP contribution in [0.1, 0.15) is 17.3 Å². The summed E-state index contributed by atoms with van der Waals surface area (Å²) in [6, 6.07) is 17.8. The number of fused-ring (bicyclic) bond motifs is 1. The van der Waals surface area contributed by atoms with Crippen LogP contribution in [0.15, 0.2) is 82.5 Å². The third-order valence-corrected chi connectivity index (χ3v) is 6.49. The van der Waals surface area contributed by atoms with E-state index in [1.807, 2.05) is 0 Å². The summed E-state index contributed by atoms with van der Waals surface area (Å²) < 4.78 is 33.6. The Kier molecular flexibility index (Phi) is 10.7. The normalized spacial score (nSPS) is 13.3. The molecule has 2 amide bonds. The zero-order valence-corrected chi connectivity index (χ0v) is 23.4. The Morgan fingerprint density at radius 3 is 2.45 bits per heavy atom. The maximum atomic E-state index is 13.2. The van der Waals surface area contributed by atoms with Gasteiger partial charge >= 0.3 is 12.0 Å². The molecule has 0 bridgehead atoms. The lowest BCUT2D eigenvalue weighted by atomic mass is 10.2. The number of benzene rings is 3. The van der Waals surface area contributed by atoms with Crippen molar-refractivity contribution in [3.8, 4) is 5.69 Å². The number of carbonyl (C=O) groups excluding carboxylic acids is 2. The molecular formula is C28H29N6O7S-. The Morgan fingerprint density at radius 1 is 1.07 bits per heavy atom. The number of urea groups is 1. The van der Waals surface area contributed by atoms with E-state index in [-0.39, 0.29) is 23.0 Å². The molecule has 0 spiro atoms. The fourth-order valence-electron chi connectivity index (χ4n) is 3.89. The van der Waals surface area contributed by atoms with Gasteiger partial charge in [-0.3, -0.25) is 14.4 Å². The number of ether oxygens (including phenoxy) is 2. The SMILES string of the molecule is C1COCCN1.CCOC(=O)c1cccc(NC(=O)NNc2nc3ccccc3c(=O)n2-c2ccc(S(=O)[O-])cc2)c1. The van der Waals surface area contributed by atoms with Crippen molar-refractivity contribution in [1.82, 2.24) is 20.3 Å². The highest BCUT2D eigenvalue weighted by Gasteiger charge is 2.14. The third-order valence-electron chi connectivity index (χ3n) is 5.83. The van der Waals surface area contributed by atoms with E-state index in [2.05, 4.69) is 26.5 Å². The summed E-state index contributed by atoms with van der Waals surface area (Å²) in [5, 5.41) is 6.07. The van der Waals surface area contributed by atoms with E-state index in [1.54, 1.807) is 49.4 Å². The minimum absolute atomic E-state index is 0.00915. The maximum absolute atomic E-state index is 13.2. The number of nitrogens with zero attached hydrogens (tertiary/aromatic N) is 2. The molecule has 5 rings (SSSR count). The smallest absolute Gasteiger partial charge is 0.338 e. The molecule has 3 aromatic carbocycles. The van der Waals surface area contributed by atoms with Crippen molar-refractivity contribution in [3.05, 3.63) is 88.7 Å². The highest BCUT2D eigenvalue weighted by Crippen LogP contribution is 2.18. The van der Waals surface area contributed by atoms with Crippen LogP contribution in [0.2, 0.25) is 0 Å². The average Bonchev–Trinajstić information content (AvgIpc) is 3.01. The number of hydrazine groups is 1. The zero-order valence-electron chi connectivity index (χ0n) is 22.6. The van der Waals surface area contributed by atoms with E-state index < -0.39 is 28.6 Å². The predicted octanol–water partition coefficient (Wildman–Crippen LogP) is 2.56. The van der Waals surface area contributed by atoms with Gasteiger partial charge in [-0.1, -0.05) is 18.2 Å². The van der Waals surface area contributed by atoms with Gasteiger partial charge < -0.3 is 24.7 Å². The number of aromatic nitrogens is 2. The quantitative estimate of drug-likeness (QED) is 0.142. The van der Waals surface area contributed by atoms with Gasteiger partial charge in [-0.15, -0.1) is 0 Å². The van der Waals surface area contributed by atoms with Crippen LogP contribution in [-0.4, -0.2) is 63.2 Å². The number of para-hydroxylation sites is 1. The lowest BCUT2D eigenvalue weighted by Crippen LogP contribution is -2.36. The molecular weight excluding hydrogens is 564 g/mol. The van der Waals surface area contributed by atoms with Crippen molar-refractivity contribution in [2.45, 2.75) is 11.8 Å². The van der Waals surface area contributed by atoms with Crippen molar-refractivity contribution in [1.29, 1.82) is 0 Å². The van der Waals surface area contributed by atoms with Gasteiger partial charge in [0.05, 0.1) is 42.0 Å². The molecule has 1 fully saturated rings. The maximum Gasteiger partial charge on any atom is 0.338 e. The lowest BCUT2D eigenvalue weighted by Gasteiger charge is -2.16. The topological polar surface area (TPSA) is 176 Å². The second kappa shape index (κ2) is 14.8. The number of morpholine rings is 1. The summed E-state index contributed by atoms with van der Waals surface area (Å²) in [4.78, 5) is 42.2. The number of hydrogen-bond acceptors (Lipinski definition) is 10. The molecule has 42 heavy (non-hydrogen) atoms. The number of hydrogen-bond donors (Lipinski definition) is 4. The molecule has 0 saturated carbocycles. The zero-order chi connectivity index (χ0) is 29.9. The second-order valence-electron chi connectivity index (χ2n) is 8.69. The molecule has 1 unspecified atom stereocenters. The first-order chi connectivity index (χ1) is 20.4. The van der Waals surface area contributed by atoms with Gasteiger partial charge in [0.2, 0.25) is 5.95 Å². The molecule has 1 saturated heterocycles. The van der Waals surface area contributed by atoms with Crippen molar-refractivity contribution in [2.75, 3.05) is 43.7 Å². The first kappa shape index (κ1) is 30.3. The summed E-state index contributed by atoms with van der Waals surface area (Å²) in [6.07, 6.45) is 0. The molecule has 13 nitrogen and oxygen atoms in total. The Hall–Kier alpha value is -4.63. The molecule has 2 heterocycles. The fourth-order valence-corrected chi connectivity index (χ4v) is 4.25. The number of anilines is 2. The van der Waals surface area contributed by atoms with Crippen molar-refractivity contribution in [2.24, 2.45) is 0 Å². The molecule has 4 N–H and O–H groups in total. The van der Waals surface area contributed by atoms with Crippen LogP contribution < -0.4 is 27.0 Å². The molecule has 1 atom stereocenters. The van der Waals surface area contributed by atoms with Crippen molar-refractivity contribution < 1.29 is 27.8 Å². The fraction of sp³-hybridized carbons (Fsp3) is 0.214. The van der Waals surface area contributed by atoms with Gasteiger partial charge in [0.1, 0.15) is 0 Å². The summed E-state index contributed by atoms with van der Waals surface area (Å²) in [6.45, 7) is 5.75. The van der Waals surface area contributed by atoms with Gasteiger partial charge in [0, 0.05) is 23.7 Å². The average molecular weight is 594 g/mol. The minimum atomic E-state index is -2.42. The van der Waals surface area contributed by atoms with Crippen molar-refractivity contribution in [3.63, 3.8) is 0 Å². The molecule has 220 valence electrons. The Morgan fingerprint density at radius 2 is 1.81 bits per heavy atom. The Balaban J connectivity index is 0.000000600. The van der Waals surface area contributed by atoms with E-state index in [4.69, 9.17) is 9.47 Å². The van der Waals surface area contributed by atoms with E-state index in [9.17, 15) is 23.1 Å². The molecule has 4 aromatic rings. The number of amides is 2. The van der Waals surface area contributed by atoms with Crippen LogP contribution in [0.5, 0.6) is 0 Å². The predicted molar refractivity (Wildman–Crippen MR) is 156 cm³/mol. The van der Waals surface area contributed by atoms with Gasteiger partial charge in [-0.2, -0.15) is 0 Å². The lowest BCUT2D eigenvalue weighted by molar-refractivity contribution is 0.0526. The summed E-state index contributed by atoms with van der Waals surface area (Å²) in [5.74, 6) is -0.527. The highest BCUT2D eigenvalue weighted by molar-refractivity contribution is 7.79. The monoisotopic (exact) mass is 593 g/mol. The van der Waals surface area contributed by atoms with E-state index in [1.165, 1.54) is 34.9 Å². The van der Waals surface area contributed by atoms with E-state index in [0.29, 0.717) is 22.3 Å². The van der Waals surface area contributed by atoms with Gasteiger partial charge in [-0.05, 0) is 72.6 Å². The van der Waals surface area contributed by atoms with Crippen LogP contribution in [0.4, 0.5) is 16.4 Å². The number of esters is 1. The summed E-state index contributed by atoms with van der Waals surface area (Å²) in [5.41, 5.74) is 5.96. The highest BCUT2D eigenvalue weighted by atomic mass is 32.2. The third kappa shape index (κ3) is 7.98. The van der Waals surface area contributed by atoms with Crippen LogP contribution in [0.25, 0.3) is 16.6 Å². The molecule has 1 aliphatic rings. The summed E-state index contributed by atoms with van der Waals surface area (Å²) in [7, 11) is 0. The number of nitrogens with one attached hydrogen (secondary N) is 4. The molecule has 14 heteroatoms. The van der Waals surface area contributed by atoms with Crippen LogP contribution in [0, 0.1) is 0 Å². The first-order valence-electron chi connectivity index (χ1n) is 13.0. The van der Waals surface area contributed by atoms with E-state index >= 15 is 0 Å². The minimum Gasteiger partial charge on any atom is -0.768 e. The van der Waals surface area contributed by atoms with Crippen LogP contribution >= 0.6 is 0 Å². The number of carbonyl (C=O) groups is 2. The van der Waals surface area contributed by atoms with Crippen LogP contribution in [0.3, 0.4) is 0 Å². The standard InChI is InChI=1S/C24H21N5O6S.C4H9NO/c1-2-35-22(31)15-6-5-7-16(14-15)25-24(32)28-27-23-26-20-9-4-3-8-19(20)21(30)29(23)17-10-12-18(13-11-17)36(33)34;1-3-6-4-2-5-1/h3-14H,2H2,1H3,(H,26,27)(H,33,34)(H2,25,28,32);5H,1-4H2/p-1. The largest absolute Gasteiger partial charge is 0.768 e. The summed E-state index contributed by atoms with van der Waals surface area (Å²) >= 11 is -2.42. The molecule has 0 radical (unpaired) electrons. The second-order valence-corrected chi connectivity index (χ2v) is 9.63. The molecule has 0 aliphatic carbocycles. The van der Waals surface area contributed by atoms with Crippen LogP contribution in [-0.2, 0) is 20.6 Å². The molecule has 1 aliphatic heterocycles. The van der Waals surface area contributed by atoms with Crippen molar-refractivity contribution >= 4 is 45.6 Å². The van der Waals surface area contributed by atoms with Gasteiger partial charge in [0.15, 0.2) is 0 Å². The van der Waals surface area contributed by atoms with E-state index in [0.717, 1.165) is 26.3 Å². The number of rotatable bonds is 7. The first-order valence-corrected chi connectivity index (χ1v) is 14.0. The Labute approximate surface area is 243 Å². The van der Waals surface area contributed by atoms with Gasteiger partial charge in [-0.25, -0.2) is 24.6 Å². The van der Waals surface area contributed by atoms with Gasteiger partial charge in [0.25, 0.3) is 5.56 Å². The Bertz CT molecular complexity index is 1610. The molecule has 1 aromatic heterocycles.